The van der Waals surface area contributed by atoms with Crippen LogP contribution >= 0.6 is 0 Å². The molecule has 2 aliphatic heterocycles. The van der Waals surface area contributed by atoms with Crippen LogP contribution in [-0.2, 0) is 5.41 Å². The predicted octanol–water partition coefficient (Wildman–Crippen LogP) is 12.7. The molecule has 0 spiro atoms. The molecule has 12 rings (SSSR count). The van der Waals surface area contributed by atoms with Gasteiger partial charge >= 0.3 is 0 Å². The molecule has 0 bridgehead atoms. The fourth-order valence-corrected chi connectivity index (χ4v) is 16.1. The number of anilines is 6. The Morgan fingerprint density at radius 3 is 1.11 bits per heavy atom. The third-order valence-electron chi connectivity index (χ3n) is 13.6. The summed E-state index contributed by atoms with van der Waals surface area (Å²) in [5.74, 6) is 0. The van der Waals surface area contributed by atoms with Gasteiger partial charge in [0.25, 0.3) is 0 Å². The van der Waals surface area contributed by atoms with Gasteiger partial charge in [-0.1, -0.05) is 218 Å². The van der Waals surface area contributed by atoms with Crippen LogP contribution in [0.1, 0.15) is 22.3 Å². The lowest BCUT2D eigenvalue weighted by molar-refractivity contribution is 0.731. The van der Waals surface area contributed by atoms with E-state index in [2.05, 4.69) is 277 Å². The first-order valence-corrected chi connectivity index (χ1v) is 24.2. The summed E-state index contributed by atoms with van der Waals surface area (Å²) >= 11 is 0. The van der Waals surface area contributed by atoms with Crippen molar-refractivity contribution < 1.29 is 0 Å². The largest absolute Gasteiger partial charge is 0.311 e. The Hall–Kier alpha value is -7.98. The van der Waals surface area contributed by atoms with Gasteiger partial charge in [0.1, 0.15) is 0 Å². The molecule has 0 radical (unpaired) electrons. The van der Waals surface area contributed by atoms with Crippen molar-refractivity contribution >= 4 is 62.9 Å². The third-order valence-corrected chi connectivity index (χ3v) is 18.5. The van der Waals surface area contributed by atoms with Crippen LogP contribution in [0.2, 0.25) is 0 Å². The number of nitrogens with zero attached hydrogens (tertiary/aromatic N) is 2. The highest BCUT2D eigenvalue weighted by atomic mass is 28.3. The predicted molar refractivity (Wildman–Crippen MR) is 270 cm³/mol. The van der Waals surface area contributed by atoms with Gasteiger partial charge in [0.15, 0.2) is 8.07 Å². The average Bonchev–Trinajstić information content (AvgIpc) is 3.38. The molecule has 10 aromatic carbocycles. The smallest absolute Gasteiger partial charge is 0.184 e. The fourth-order valence-electron chi connectivity index (χ4n) is 11.0. The van der Waals surface area contributed by atoms with Crippen molar-refractivity contribution in [3.8, 4) is 11.1 Å². The summed E-state index contributed by atoms with van der Waals surface area (Å²) in [6.45, 7) is 0. The second-order valence-electron chi connectivity index (χ2n) is 16.8. The maximum absolute atomic E-state index is 2.67. The summed E-state index contributed by atoms with van der Waals surface area (Å²) in [6.07, 6.45) is 0. The normalized spacial score (nSPS) is 14.1. The standard InChI is InChI=1S/C61H44N2Si/c1-5-21-47(22-6-1)61(53-29-13-15-31-55(53)62(49-23-7-2-8-24-49)56-32-16-14-30-54(56)61)48-41-37-45(38-42-48)46-39-43-50(44-40-46)63-57-33-17-19-35-59(57)64(51-25-9-3-10-26-51,52-27-11-4-12-28-52)60-36-20-18-34-58(60)63/h1-44H. The molecule has 0 amide bonds. The topological polar surface area (TPSA) is 6.48 Å². The second-order valence-corrected chi connectivity index (χ2v) is 20.5. The lowest BCUT2D eigenvalue weighted by Gasteiger charge is -2.46. The molecule has 0 aliphatic carbocycles. The summed E-state index contributed by atoms with van der Waals surface area (Å²) in [5, 5.41) is 5.58. The van der Waals surface area contributed by atoms with E-state index in [1.54, 1.807) is 0 Å². The van der Waals surface area contributed by atoms with Gasteiger partial charge in [-0.05, 0) is 103 Å². The third kappa shape index (κ3) is 5.64. The Morgan fingerprint density at radius 2 is 0.609 bits per heavy atom. The lowest BCUT2D eigenvalue weighted by atomic mass is 9.62. The fraction of sp³-hybridized carbons (Fsp3) is 0.0164. The summed E-state index contributed by atoms with van der Waals surface area (Å²) in [7, 11) is -2.67. The van der Waals surface area contributed by atoms with E-state index >= 15 is 0 Å². The zero-order valence-corrected chi connectivity index (χ0v) is 36.3. The van der Waals surface area contributed by atoms with Crippen LogP contribution in [0.15, 0.2) is 267 Å². The molecule has 10 aromatic rings. The first-order valence-electron chi connectivity index (χ1n) is 22.2. The Labute approximate surface area is 376 Å². The lowest BCUT2D eigenvalue weighted by Crippen LogP contribution is -2.77. The SMILES string of the molecule is c1ccc(N2c3ccccc3C(c3ccccc3)(c3ccc(-c4ccc(N5c6ccccc6[Si](c6ccccc6)(c6ccccc6)c6ccccc65)cc4)cc3)c3ccccc32)cc1. The number of fused-ring (bicyclic) bond motifs is 4. The Kier molecular flexibility index (Phi) is 9.10. The van der Waals surface area contributed by atoms with Crippen LogP contribution in [0.4, 0.5) is 34.1 Å². The average molecular weight is 833 g/mol. The number of benzene rings is 10. The van der Waals surface area contributed by atoms with Crippen molar-refractivity contribution in [2.75, 3.05) is 9.80 Å². The maximum atomic E-state index is 2.48. The van der Waals surface area contributed by atoms with Crippen molar-refractivity contribution in [1.82, 2.24) is 0 Å². The van der Waals surface area contributed by atoms with Crippen LogP contribution in [0.3, 0.4) is 0 Å². The minimum absolute atomic E-state index is 0.546. The molecule has 0 N–H and O–H groups in total. The summed E-state index contributed by atoms with van der Waals surface area (Å²) in [6, 6.07) is 98.9. The van der Waals surface area contributed by atoms with Crippen molar-refractivity contribution in [3.05, 3.63) is 289 Å². The first-order chi connectivity index (χ1) is 31.8. The Bertz CT molecular complexity index is 3120. The molecule has 0 unspecified atom stereocenters. The molecule has 0 aromatic heterocycles. The van der Waals surface area contributed by atoms with E-state index in [9.17, 15) is 0 Å². The van der Waals surface area contributed by atoms with Gasteiger partial charge in [0.05, 0.1) is 16.8 Å². The van der Waals surface area contributed by atoms with Crippen LogP contribution in [0.5, 0.6) is 0 Å². The van der Waals surface area contributed by atoms with Gasteiger partial charge in [-0.15, -0.1) is 0 Å². The molecule has 0 saturated carbocycles. The minimum Gasteiger partial charge on any atom is -0.311 e. The summed E-state index contributed by atoms with van der Waals surface area (Å²) in [5.41, 5.74) is 13.9. The van der Waals surface area contributed by atoms with Crippen molar-refractivity contribution in [3.63, 3.8) is 0 Å². The molecule has 0 atom stereocenters. The van der Waals surface area contributed by atoms with Gasteiger partial charge in [-0.3, -0.25) is 0 Å². The van der Waals surface area contributed by atoms with E-state index in [0.717, 1.165) is 11.4 Å². The highest BCUT2D eigenvalue weighted by Crippen LogP contribution is 2.57. The van der Waals surface area contributed by atoms with Crippen LogP contribution in [0, 0.1) is 0 Å². The zero-order valence-electron chi connectivity index (χ0n) is 35.3. The number of rotatable bonds is 7. The molecule has 64 heavy (non-hydrogen) atoms. The quantitative estimate of drug-likeness (QED) is 0.148. The highest BCUT2D eigenvalue weighted by molar-refractivity contribution is 7.21. The van der Waals surface area contributed by atoms with Crippen molar-refractivity contribution in [1.29, 1.82) is 0 Å². The van der Waals surface area contributed by atoms with Gasteiger partial charge in [-0.2, -0.15) is 0 Å². The van der Waals surface area contributed by atoms with Crippen molar-refractivity contribution in [2.24, 2.45) is 0 Å². The van der Waals surface area contributed by atoms with Crippen LogP contribution < -0.4 is 30.5 Å². The monoisotopic (exact) mass is 832 g/mol. The van der Waals surface area contributed by atoms with Gasteiger partial charge in [-0.25, -0.2) is 0 Å². The highest BCUT2D eigenvalue weighted by Gasteiger charge is 2.49. The molecule has 2 aliphatic rings. The molecular weight excluding hydrogens is 789 g/mol. The molecule has 0 saturated heterocycles. The summed E-state index contributed by atoms with van der Waals surface area (Å²) in [4.78, 5) is 4.90. The van der Waals surface area contributed by atoms with Crippen LogP contribution in [-0.4, -0.2) is 8.07 Å². The first kappa shape index (κ1) is 37.8. The molecule has 2 nitrogen and oxygen atoms in total. The maximum Gasteiger partial charge on any atom is 0.184 e. The van der Waals surface area contributed by atoms with Gasteiger partial charge in [0, 0.05) is 22.7 Å². The van der Waals surface area contributed by atoms with Crippen LogP contribution in [0.25, 0.3) is 11.1 Å². The van der Waals surface area contributed by atoms with E-state index in [-0.39, 0.29) is 0 Å². The number of para-hydroxylation sites is 5. The summed E-state index contributed by atoms with van der Waals surface area (Å²) < 4.78 is 0. The molecule has 302 valence electrons. The van der Waals surface area contributed by atoms with E-state index in [0.29, 0.717) is 0 Å². The molecule has 2 heterocycles. The second kappa shape index (κ2) is 15.4. The van der Waals surface area contributed by atoms with E-state index < -0.39 is 13.5 Å². The molecule has 0 fully saturated rings. The van der Waals surface area contributed by atoms with Gasteiger partial charge < -0.3 is 9.80 Å². The molecular formula is C61H44N2Si. The van der Waals surface area contributed by atoms with E-state index in [1.165, 1.54) is 76.9 Å². The number of hydrogen-bond donors (Lipinski definition) is 0. The Morgan fingerprint density at radius 1 is 0.266 bits per heavy atom. The van der Waals surface area contributed by atoms with Gasteiger partial charge in [0.2, 0.25) is 0 Å². The molecule has 3 heteroatoms. The Balaban J connectivity index is 0.968. The number of hydrogen-bond acceptors (Lipinski definition) is 2. The zero-order chi connectivity index (χ0) is 42.5. The van der Waals surface area contributed by atoms with E-state index in [4.69, 9.17) is 0 Å². The minimum atomic E-state index is -2.67. The van der Waals surface area contributed by atoms with E-state index in [1.807, 2.05) is 0 Å². The van der Waals surface area contributed by atoms with Crippen molar-refractivity contribution in [2.45, 2.75) is 5.41 Å².